The largest absolute Gasteiger partial charge is 0.456 e. The van der Waals surface area contributed by atoms with Crippen LogP contribution in [0.5, 0.6) is 0 Å². The smallest absolute Gasteiger partial charge is 0.164 e. The van der Waals surface area contributed by atoms with E-state index in [4.69, 9.17) is 33.8 Å². The number of furan rings is 2. The zero-order chi connectivity index (χ0) is 45.0. The number of fused-ring (bicyclic) bond motifs is 6. The molecule has 0 aliphatic rings. The highest BCUT2D eigenvalue weighted by Gasteiger charge is 2.17. The van der Waals surface area contributed by atoms with E-state index in [9.17, 15) is 0 Å². The molecule has 0 atom stereocenters. The van der Waals surface area contributed by atoms with Gasteiger partial charge < -0.3 is 8.83 Å². The van der Waals surface area contributed by atoms with Gasteiger partial charge in [-0.1, -0.05) is 170 Å². The summed E-state index contributed by atoms with van der Waals surface area (Å²) in [5.41, 5.74) is 14.7. The van der Waals surface area contributed by atoms with Crippen molar-refractivity contribution in [3.8, 4) is 90.3 Å². The fraction of sp³-hybridized carbons (Fsp3) is 0. The fourth-order valence-electron chi connectivity index (χ4n) is 9.11. The molecule has 68 heavy (non-hydrogen) atoms. The van der Waals surface area contributed by atoms with E-state index >= 15 is 0 Å². The quantitative estimate of drug-likeness (QED) is 0.150. The first-order chi connectivity index (χ1) is 33.6. The first kappa shape index (κ1) is 39.1. The van der Waals surface area contributed by atoms with Gasteiger partial charge in [-0.05, 0) is 76.9 Å². The third-order valence-corrected chi connectivity index (χ3v) is 12.6. The van der Waals surface area contributed by atoms with Gasteiger partial charge >= 0.3 is 0 Å². The maximum Gasteiger partial charge on any atom is 0.164 e. The minimum atomic E-state index is 0.563. The zero-order valence-electron chi connectivity index (χ0n) is 36.4. The number of hydrogen-bond acceptors (Lipinski definition) is 7. The van der Waals surface area contributed by atoms with Crippen LogP contribution in [0.2, 0.25) is 0 Å². The first-order valence-electron chi connectivity index (χ1n) is 22.5. The lowest BCUT2D eigenvalue weighted by atomic mass is 9.98. The van der Waals surface area contributed by atoms with Gasteiger partial charge in [-0.2, -0.15) is 0 Å². The summed E-state index contributed by atoms with van der Waals surface area (Å²) in [5.74, 6) is 2.33. The molecule has 4 heterocycles. The highest BCUT2D eigenvalue weighted by atomic mass is 16.3. The van der Waals surface area contributed by atoms with Crippen LogP contribution in [0, 0.1) is 0 Å². The molecule has 9 aromatic carbocycles. The van der Waals surface area contributed by atoms with E-state index in [1.165, 1.54) is 0 Å². The number of aromatic nitrogens is 5. The molecule has 0 fully saturated rings. The van der Waals surface area contributed by atoms with E-state index in [0.717, 1.165) is 111 Å². The molecule has 0 N–H and O–H groups in total. The Labute approximate surface area is 390 Å². The van der Waals surface area contributed by atoms with Gasteiger partial charge in [0.25, 0.3) is 0 Å². The van der Waals surface area contributed by atoms with Crippen LogP contribution in [0.25, 0.3) is 134 Å². The Morgan fingerprint density at radius 3 is 1.16 bits per heavy atom. The second-order valence-corrected chi connectivity index (χ2v) is 16.9. The summed E-state index contributed by atoms with van der Waals surface area (Å²) in [4.78, 5) is 25.6. The third kappa shape index (κ3) is 7.16. The molecule has 13 aromatic rings. The minimum Gasteiger partial charge on any atom is -0.456 e. The SMILES string of the molecule is c1ccc(-c2ccc(-c3cc(-c4cccc(-c5cccc(-c6nc(-c7ccccc7)nc(-c7ccc8c(c7)oc7ccccc78)n6)c5)c4)nc(-c4ccc5c(c4)oc4ccccc45)n3)cc2)cc1. The first-order valence-corrected chi connectivity index (χ1v) is 22.5. The Bertz CT molecular complexity index is 4030. The third-order valence-electron chi connectivity index (χ3n) is 12.6. The molecule has 0 aliphatic carbocycles. The number of nitrogens with zero attached hydrogens (tertiary/aromatic N) is 5. The average Bonchev–Trinajstić information content (AvgIpc) is 3.99. The summed E-state index contributed by atoms with van der Waals surface area (Å²) < 4.78 is 12.6. The minimum absolute atomic E-state index is 0.563. The van der Waals surface area contributed by atoms with Crippen molar-refractivity contribution in [2.45, 2.75) is 0 Å². The molecular weight excluding hydrogens is 835 g/mol. The van der Waals surface area contributed by atoms with E-state index in [1.807, 2.05) is 84.9 Å². The molecule has 0 saturated heterocycles. The number of rotatable bonds is 8. The van der Waals surface area contributed by atoms with Crippen LogP contribution in [0.4, 0.5) is 0 Å². The Morgan fingerprint density at radius 2 is 0.574 bits per heavy atom. The maximum absolute atomic E-state index is 6.32. The second-order valence-electron chi connectivity index (χ2n) is 16.9. The Hall–Kier alpha value is -9.33. The van der Waals surface area contributed by atoms with Gasteiger partial charge in [0.1, 0.15) is 22.3 Å². The van der Waals surface area contributed by atoms with E-state index in [1.54, 1.807) is 0 Å². The van der Waals surface area contributed by atoms with Crippen molar-refractivity contribution in [3.05, 3.63) is 224 Å². The molecule has 0 radical (unpaired) electrons. The molecule has 0 unspecified atom stereocenters. The van der Waals surface area contributed by atoms with E-state index < -0.39 is 0 Å². The van der Waals surface area contributed by atoms with Gasteiger partial charge in [0.05, 0.1) is 11.4 Å². The molecule has 13 rings (SSSR count). The molecule has 0 saturated carbocycles. The van der Waals surface area contributed by atoms with Gasteiger partial charge in [-0.15, -0.1) is 0 Å². The monoisotopic (exact) mass is 871 g/mol. The van der Waals surface area contributed by atoms with E-state index in [2.05, 4.69) is 140 Å². The fourth-order valence-corrected chi connectivity index (χ4v) is 9.11. The number of hydrogen-bond donors (Lipinski definition) is 0. The highest BCUT2D eigenvalue weighted by Crippen LogP contribution is 2.37. The summed E-state index contributed by atoms with van der Waals surface area (Å²) in [7, 11) is 0. The van der Waals surface area contributed by atoms with Crippen molar-refractivity contribution in [1.82, 2.24) is 24.9 Å². The number of benzene rings is 9. The predicted octanol–water partition coefficient (Wildman–Crippen LogP) is 15.8. The molecule has 7 nitrogen and oxygen atoms in total. The van der Waals surface area contributed by atoms with Crippen molar-refractivity contribution in [3.63, 3.8) is 0 Å². The molecule has 0 bridgehead atoms. The standard InChI is InChI=1S/C61H37N5O2/c1-3-13-38(14-4-1)39-25-27-40(28-26-39)52-37-53(63-59(62-52)46-29-31-50-48-21-7-9-23-54(48)67-56(50)35-46)44-19-11-17-42(33-44)43-18-12-20-45(34-43)60-64-58(41-15-5-2-6-16-41)65-61(66-60)47-30-32-51-49-22-8-10-24-55(49)68-57(51)36-47/h1-37H. The van der Waals surface area contributed by atoms with Crippen LogP contribution >= 0.6 is 0 Å². The zero-order valence-corrected chi connectivity index (χ0v) is 36.4. The van der Waals surface area contributed by atoms with Crippen molar-refractivity contribution >= 4 is 43.9 Å². The highest BCUT2D eigenvalue weighted by molar-refractivity contribution is 6.06. The average molecular weight is 872 g/mol. The summed E-state index contributed by atoms with van der Waals surface area (Å²) in [6, 6.07) is 76.5. The van der Waals surface area contributed by atoms with Crippen LogP contribution in [-0.4, -0.2) is 24.9 Å². The molecule has 318 valence electrons. The van der Waals surface area contributed by atoms with E-state index in [-0.39, 0.29) is 0 Å². The maximum atomic E-state index is 6.32. The lowest BCUT2D eigenvalue weighted by Gasteiger charge is -2.12. The van der Waals surface area contributed by atoms with Crippen molar-refractivity contribution in [1.29, 1.82) is 0 Å². The second kappa shape index (κ2) is 16.3. The van der Waals surface area contributed by atoms with Crippen LogP contribution in [0.3, 0.4) is 0 Å². The van der Waals surface area contributed by atoms with Crippen LogP contribution in [0.1, 0.15) is 0 Å². The lowest BCUT2D eigenvalue weighted by Crippen LogP contribution is -2.00. The van der Waals surface area contributed by atoms with Gasteiger partial charge in [-0.3, -0.25) is 0 Å². The summed E-state index contributed by atoms with van der Waals surface area (Å²) >= 11 is 0. The van der Waals surface area contributed by atoms with Gasteiger partial charge in [-0.25, -0.2) is 24.9 Å². The van der Waals surface area contributed by atoms with Crippen LogP contribution < -0.4 is 0 Å². The van der Waals surface area contributed by atoms with Crippen molar-refractivity contribution in [2.75, 3.05) is 0 Å². The predicted molar refractivity (Wildman–Crippen MR) is 273 cm³/mol. The summed E-state index contributed by atoms with van der Waals surface area (Å²) in [5, 5.41) is 4.26. The molecular formula is C61H37N5O2. The molecule has 0 amide bonds. The summed E-state index contributed by atoms with van der Waals surface area (Å²) in [6.45, 7) is 0. The van der Waals surface area contributed by atoms with Crippen LogP contribution in [-0.2, 0) is 0 Å². The van der Waals surface area contributed by atoms with Crippen molar-refractivity contribution < 1.29 is 8.83 Å². The Kier molecular flexibility index (Phi) is 9.35. The van der Waals surface area contributed by atoms with Crippen LogP contribution in [0.15, 0.2) is 233 Å². The molecule has 7 heteroatoms. The lowest BCUT2D eigenvalue weighted by molar-refractivity contribution is 0.668. The Morgan fingerprint density at radius 1 is 0.206 bits per heavy atom. The Balaban J connectivity index is 0.898. The van der Waals surface area contributed by atoms with Gasteiger partial charge in [0, 0.05) is 54.9 Å². The topological polar surface area (TPSA) is 90.7 Å². The molecule has 4 aromatic heterocycles. The normalized spacial score (nSPS) is 11.5. The number of para-hydroxylation sites is 2. The van der Waals surface area contributed by atoms with Gasteiger partial charge in [0.2, 0.25) is 0 Å². The molecule has 0 aliphatic heterocycles. The van der Waals surface area contributed by atoms with Gasteiger partial charge in [0.15, 0.2) is 23.3 Å². The van der Waals surface area contributed by atoms with E-state index in [0.29, 0.717) is 23.3 Å². The molecule has 0 spiro atoms. The summed E-state index contributed by atoms with van der Waals surface area (Å²) in [6.07, 6.45) is 0. The van der Waals surface area contributed by atoms with Crippen molar-refractivity contribution in [2.24, 2.45) is 0 Å².